The van der Waals surface area contributed by atoms with Crippen LogP contribution >= 0.6 is 22.6 Å². The van der Waals surface area contributed by atoms with E-state index in [-0.39, 0.29) is 52.7 Å². The average Bonchev–Trinajstić information content (AvgIpc) is 1.83. The fourth-order valence-electron chi connectivity index (χ4n) is 10.3. The lowest BCUT2D eigenvalue weighted by Gasteiger charge is -2.30. The second-order valence-electron chi connectivity index (χ2n) is 21.7. The van der Waals surface area contributed by atoms with Crippen LogP contribution in [0.3, 0.4) is 0 Å². The third-order valence-electron chi connectivity index (χ3n) is 15.5. The standard InChI is InChI=1S/C29H33N7O7.C16H19NO3.C13H15IN6O4/c1-41-18-6-2-3-7-19(18)42-29(40)35-13-11-16(12-14-35)5-4-8-20-33-25(30)21-26(34-20)36(15-31-21)28-23(38)22(37)24(43-28)27(39)32-17-9-10-17;1-3-6-13-9-11-17(12-10-13)16(18)20-15-8-5-4-7-14(15)19-2;14-13-18-9(15)5-10(19-13)20(3-16-5)12-7(22)6(21)8(24-12)11(23)17-4-1-2-4/h2-3,6-7,15-17,22-24,28,37-38H,5,9-14H2,1H3,(H,32,39)(H2,30,33,34);1,4-5,7-8,13H,6,9-12H2,2H3;3-4,6-8,12,21-22H,1-2H2,(H,17,23)(H2,15,18,19)/t22-,23?,24+,28-;;6-,7?,8+,12-/m1.1/s1. The van der Waals surface area contributed by atoms with Crippen LogP contribution in [0.1, 0.15) is 82.5 Å². The second-order valence-corrected chi connectivity index (χ2v) is 22.7. The lowest BCUT2D eigenvalue weighted by atomic mass is 9.94. The molecule has 29 heteroatoms. The predicted octanol–water partition coefficient (Wildman–Crippen LogP) is 2.81. The SMILES string of the molecule is C#CCC1CCN(C(=O)Oc2ccccc2OC)CC1.COc1ccccc1OC(=O)N1CCC(CC#Cc2nc(N)c3ncn([C@@H]4O[C@H](C(=O)NC5CC5)[C@H](O)C4O)c3n2)CC1.Nc1nc(I)nc2c1ncn2[C@@H]1O[C@H](C(=O)NC2CC2)[C@H](O)C1O. The maximum absolute atomic E-state index is 12.6. The van der Waals surface area contributed by atoms with Gasteiger partial charge in [-0.15, -0.1) is 12.3 Å². The van der Waals surface area contributed by atoms with Gasteiger partial charge in [-0.05, 0) is 93.4 Å². The molecule has 28 nitrogen and oxygen atoms in total. The van der Waals surface area contributed by atoms with E-state index in [1.807, 2.05) is 34.7 Å². The summed E-state index contributed by atoms with van der Waals surface area (Å²) in [4.78, 5) is 78.2. The van der Waals surface area contributed by atoms with Crippen molar-refractivity contribution < 1.29 is 68.0 Å². The molecule has 8 heterocycles. The number of hydrogen-bond acceptors (Lipinski definition) is 22. The summed E-state index contributed by atoms with van der Waals surface area (Å²) in [6, 6.07) is 14.4. The first kappa shape index (κ1) is 61.9. The van der Waals surface area contributed by atoms with Crippen molar-refractivity contribution in [2.24, 2.45) is 11.8 Å². The minimum atomic E-state index is -1.42. The summed E-state index contributed by atoms with van der Waals surface area (Å²) in [7, 11) is 3.08. The van der Waals surface area contributed by atoms with E-state index in [9.17, 15) is 39.6 Å². The number of halogens is 1. The highest BCUT2D eigenvalue weighted by molar-refractivity contribution is 14.1. The lowest BCUT2D eigenvalue weighted by molar-refractivity contribution is -0.138. The maximum Gasteiger partial charge on any atom is 0.415 e. The van der Waals surface area contributed by atoms with E-state index in [1.54, 1.807) is 53.3 Å². The zero-order valence-corrected chi connectivity index (χ0v) is 49.7. The number of piperidine rings is 2. The van der Waals surface area contributed by atoms with Gasteiger partial charge in [0.15, 0.2) is 74.4 Å². The van der Waals surface area contributed by atoms with Gasteiger partial charge in [-0.2, -0.15) is 0 Å². The van der Waals surface area contributed by atoms with Crippen molar-refractivity contribution in [2.75, 3.05) is 51.9 Å². The molecule has 12 rings (SSSR count). The quantitative estimate of drug-likeness (QED) is 0.0496. The van der Waals surface area contributed by atoms with Gasteiger partial charge in [0.25, 0.3) is 11.8 Å². The van der Waals surface area contributed by atoms with E-state index in [2.05, 4.69) is 58.3 Å². The van der Waals surface area contributed by atoms with Gasteiger partial charge in [0.05, 0.1) is 26.9 Å². The molecule has 4 amide bonds. The minimum absolute atomic E-state index is 0.0792. The van der Waals surface area contributed by atoms with Gasteiger partial charge in [-0.25, -0.2) is 39.5 Å². The number of terminal acetylenes is 1. The van der Waals surface area contributed by atoms with Crippen LogP contribution in [0.25, 0.3) is 22.3 Å². The van der Waals surface area contributed by atoms with Crippen molar-refractivity contribution in [3.05, 3.63) is 70.8 Å². The van der Waals surface area contributed by atoms with Gasteiger partial charge in [0, 0.05) is 73.7 Å². The van der Waals surface area contributed by atoms with Crippen LogP contribution in [0.5, 0.6) is 23.0 Å². The molecule has 10 N–H and O–H groups in total. The zero-order valence-electron chi connectivity index (χ0n) is 47.6. The number of nitrogens with zero attached hydrogens (tertiary/aromatic N) is 10. The number of fused-ring (bicyclic) bond motifs is 2. The Balaban J connectivity index is 0.000000160. The van der Waals surface area contributed by atoms with Crippen molar-refractivity contribution in [3.63, 3.8) is 0 Å². The van der Waals surface area contributed by atoms with Crippen molar-refractivity contribution in [1.82, 2.24) is 59.5 Å². The molecule has 8 atom stereocenters. The van der Waals surface area contributed by atoms with Crippen molar-refractivity contribution in [2.45, 2.75) is 125 Å². The Labute approximate surface area is 512 Å². The first-order valence-electron chi connectivity index (χ1n) is 28.4. The Bertz CT molecular complexity index is 3570. The molecule has 6 aromatic rings. The van der Waals surface area contributed by atoms with Crippen molar-refractivity contribution in [1.29, 1.82) is 0 Å². The van der Waals surface area contributed by atoms with E-state index >= 15 is 0 Å². The van der Waals surface area contributed by atoms with E-state index < -0.39 is 67.0 Å². The average molecular weight is 1310 g/mol. The van der Waals surface area contributed by atoms with Crippen LogP contribution in [-0.2, 0) is 19.1 Å². The lowest BCUT2D eigenvalue weighted by Crippen LogP contribution is -2.43. The minimum Gasteiger partial charge on any atom is -0.493 e. The number of likely N-dealkylation sites (tertiary alicyclic amines) is 2. The molecule has 2 aliphatic carbocycles. The number of ether oxygens (including phenoxy) is 6. The summed E-state index contributed by atoms with van der Waals surface area (Å²) in [5.74, 6) is 11.0. The molecule has 4 aliphatic heterocycles. The van der Waals surface area contributed by atoms with E-state index in [4.69, 9.17) is 46.3 Å². The molecule has 4 saturated heterocycles. The molecule has 6 aliphatic rings. The normalized spacial score (nSPS) is 23.7. The number of imidazole rings is 2. The summed E-state index contributed by atoms with van der Waals surface area (Å²) >= 11 is 1.91. The highest BCUT2D eigenvalue weighted by Gasteiger charge is 2.50. The molecule has 87 heavy (non-hydrogen) atoms. The topological polar surface area (TPSA) is 374 Å². The van der Waals surface area contributed by atoms with Gasteiger partial charge >= 0.3 is 12.2 Å². The smallest absolute Gasteiger partial charge is 0.415 e. The maximum atomic E-state index is 12.6. The van der Waals surface area contributed by atoms with E-state index in [0.29, 0.717) is 76.5 Å². The number of methoxy groups -OCH3 is 2. The number of carbonyl (C=O) groups is 4. The van der Waals surface area contributed by atoms with Crippen LogP contribution in [0, 0.1) is 39.9 Å². The van der Waals surface area contributed by atoms with Crippen LogP contribution in [-0.4, -0.2) is 182 Å². The summed E-state index contributed by atoms with van der Waals surface area (Å²) in [5.41, 5.74) is 13.2. The monoisotopic (exact) mass is 1310 g/mol. The Kier molecular flexibility index (Phi) is 19.7. The zero-order chi connectivity index (χ0) is 61.5. The van der Waals surface area contributed by atoms with Crippen LogP contribution in [0.4, 0.5) is 21.2 Å². The molecular weight excluding hydrogens is 1240 g/mol. The third kappa shape index (κ3) is 14.6. The van der Waals surface area contributed by atoms with Gasteiger partial charge in [-0.1, -0.05) is 30.2 Å². The van der Waals surface area contributed by atoms with Crippen LogP contribution in [0.2, 0.25) is 0 Å². The Morgan fingerprint density at radius 3 is 1.48 bits per heavy atom. The molecule has 6 fully saturated rings. The molecule has 0 spiro atoms. The summed E-state index contributed by atoms with van der Waals surface area (Å²) in [6.07, 6.45) is 5.76. The Hall–Kier alpha value is -8.17. The van der Waals surface area contributed by atoms with E-state index in [0.717, 1.165) is 57.8 Å². The summed E-state index contributed by atoms with van der Waals surface area (Å²) in [6.45, 7) is 2.48. The summed E-state index contributed by atoms with van der Waals surface area (Å²) in [5, 5.41) is 47.2. The van der Waals surface area contributed by atoms with Crippen molar-refractivity contribution in [3.8, 4) is 47.2 Å². The number of nitrogens with two attached hydrogens (primary N) is 2. The van der Waals surface area contributed by atoms with Crippen LogP contribution in [0.15, 0.2) is 61.2 Å². The first-order valence-corrected chi connectivity index (χ1v) is 29.5. The molecule has 0 radical (unpaired) electrons. The molecule has 2 unspecified atom stereocenters. The predicted molar refractivity (Wildman–Crippen MR) is 318 cm³/mol. The molecule has 460 valence electrons. The highest BCUT2D eigenvalue weighted by atomic mass is 127. The Morgan fingerprint density at radius 2 is 1.05 bits per heavy atom. The fraction of sp³-hybridized carbons (Fsp3) is 0.483. The van der Waals surface area contributed by atoms with Crippen LogP contribution < -0.4 is 41.0 Å². The molecule has 2 aromatic carbocycles. The number of rotatable bonds is 12. The molecule has 0 bridgehead atoms. The number of benzene rings is 2. The summed E-state index contributed by atoms with van der Waals surface area (Å²) < 4.78 is 36.0. The van der Waals surface area contributed by atoms with Crippen molar-refractivity contribution >= 4 is 80.6 Å². The number of para-hydroxylation sites is 4. The largest absolute Gasteiger partial charge is 0.493 e. The number of aliphatic hydroxyl groups is 4. The number of nitrogen functional groups attached to an aromatic ring is 2. The molecule has 4 aromatic heterocycles. The number of aromatic nitrogens is 8. The van der Waals surface area contributed by atoms with Gasteiger partial charge in [0.1, 0.15) is 35.4 Å². The first-order chi connectivity index (χ1) is 42.0. The number of carbonyl (C=O) groups excluding carboxylic acids is 4. The van der Waals surface area contributed by atoms with Gasteiger partial charge in [-0.3, -0.25) is 18.7 Å². The van der Waals surface area contributed by atoms with Gasteiger partial charge in [0.2, 0.25) is 5.82 Å². The van der Waals surface area contributed by atoms with E-state index in [1.165, 1.54) is 28.9 Å². The highest BCUT2D eigenvalue weighted by Crippen LogP contribution is 2.36. The third-order valence-corrected chi connectivity index (χ3v) is 16.0. The molecule has 2 saturated carbocycles. The fourth-order valence-corrected chi connectivity index (χ4v) is 10.8. The second kappa shape index (κ2) is 27.7. The molecular formula is C58H67IN14O14. The number of anilines is 2. The number of hydrogen-bond donors (Lipinski definition) is 8. The number of aliphatic hydroxyl groups excluding tert-OH is 4. The number of nitrogens with one attached hydrogen (secondary N) is 2. The van der Waals surface area contributed by atoms with Gasteiger partial charge < -0.3 is 80.7 Å². The number of amides is 4. The Morgan fingerprint density at radius 1 is 0.621 bits per heavy atom.